The van der Waals surface area contributed by atoms with Crippen molar-refractivity contribution in [2.45, 2.75) is 25.4 Å². The monoisotopic (exact) mass is 403 g/mol. The molecule has 1 fully saturated rings. The average molecular weight is 403 g/mol. The Morgan fingerprint density at radius 1 is 1.21 bits per heavy atom. The van der Waals surface area contributed by atoms with Crippen molar-refractivity contribution in [3.05, 3.63) is 71.3 Å². The third-order valence-corrected chi connectivity index (χ3v) is 4.89. The highest BCUT2D eigenvalue weighted by atomic mass is 19.1. The largest absolute Gasteiger partial charge is 0.344 e. The molecule has 1 saturated heterocycles. The number of carbonyl (C=O) groups is 3. The van der Waals surface area contributed by atoms with Crippen molar-refractivity contribution in [3.63, 3.8) is 0 Å². The topological polar surface area (TPSA) is 95.1 Å². The maximum Gasteiger partial charge on any atom is 0.344 e. The molecule has 0 aromatic heterocycles. The summed E-state index contributed by atoms with van der Waals surface area (Å²) in [6.45, 7) is 3.04. The van der Waals surface area contributed by atoms with Gasteiger partial charge in [-0.25, -0.2) is 13.6 Å². The van der Waals surface area contributed by atoms with Crippen LogP contribution in [-0.2, 0) is 15.1 Å². The number of urea groups is 1. The summed E-state index contributed by atoms with van der Waals surface area (Å²) in [6.07, 6.45) is 0. The van der Waals surface area contributed by atoms with Gasteiger partial charge in [0.1, 0.15) is 23.2 Å². The molecule has 0 saturated carbocycles. The summed E-state index contributed by atoms with van der Waals surface area (Å²) in [7, 11) is 0. The SMILES string of the molecule is C[C@H]([NH2+]CC(=O)NN1C(=O)N[C@](C)(c2ccccc2)C1=O)c1ccc(F)cc1F. The molecule has 0 aliphatic carbocycles. The molecule has 0 spiro atoms. The van der Waals surface area contributed by atoms with Gasteiger partial charge in [0.25, 0.3) is 11.8 Å². The smallest absolute Gasteiger partial charge is 0.332 e. The molecule has 4 N–H and O–H groups in total. The highest BCUT2D eigenvalue weighted by Crippen LogP contribution is 2.27. The first kappa shape index (κ1) is 20.4. The molecular weight excluding hydrogens is 382 g/mol. The van der Waals surface area contributed by atoms with Gasteiger partial charge >= 0.3 is 6.03 Å². The molecule has 3 rings (SSSR count). The van der Waals surface area contributed by atoms with E-state index in [9.17, 15) is 23.2 Å². The number of hydrogen-bond acceptors (Lipinski definition) is 3. The number of benzene rings is 2. The minimum atomic E-state index is -1.29. The molecule has 29 heavy (non-hydrogen) atoms. The van der Waals surface area contributed by atoms with Gasteiger partial charge < -0.3 is 10.6 Å². The molecule has 1 heterocycles. The van der Waals surface area contributed by atoms with E-state index in [-0.39, 0.29) is 12.1 Å². The van der Waals surface area contributed by atoms with Gasteiger partial charge in [-0.1, -0.05) is 30.3 Å². The molecule has 0 unspecified atom stereocenters. The Kier molecular flexibility index (Phi) is 5.60. The first-order valence-electron chi connectivity index (χ1n) is 9.02. The van der Waals surface area contributed by atoms with Crippen LogP contribution in [0.25, 0.3) is 0 Å². The zero-order chi connectivity index (χ0) is 21.2. The molecule has 2 aromatic rings. The Bertz CT molecular complexity index is 954. The van der Waals surface area contributed by atoms with E-state index in [1.807, 2.05) is 0 Å². The molecule has 0 radical (unpaired) electrons. The molecule has 1 aliphatic heterocycles. The molecule has 7 nitrogen and oxygen atoms in total. The van der Waals surface area contributed by atoms with Crippen molar-refractivity contribution in [3.8, 4) is 0 Å². The van der Waals surface area contributed by atoms with Crippen LogP contribution in [0.4, 0.5) is 13.6 Å². The van der Waals surface area contributed by atoms with Crippen LogP contribution in [0, 0.1) is 11.6 Å². The molecular formula is C20H21F2N4O3+. The van der Waals surface area contributed by atoms with E-state index in [2.05, 4.69) is 10.7 Å². The second kappa shape index (κ2) is 7.96. The van der Waals surface area contributed by atoms with Crippen molar-refractivity contribution < 1.29 is 28.5 Å². The second-order valence-electron chi connectivity index (χ2n) is 6.99. The lowest BCUT2D eigenvalue weighted by Crippen LogP contribution is -2.87. The fourth-order valence-electron chi connectivity index (χ4n) is 3.16. The van der Waals surface area contributed by atoms with Crippen LogP contribution in [0.2, 0.25) is 0 Å². The number of imide groups is 1. The maximum absolute atomic E-state index is 13.8. The third-order valence-electron chi connectivity index (χ3n) is 4.89. The van der Waals surface area contributed by atoms with Crippen LogP contribution in [0.15, 0.2) is 48.5 Å². The summed E-state index contributed by atoms with van der Waals surface area (Å²) in [6, 6.07) is 10.7. The Balaban J connectivity index is 1.62. The lowest BCUT2D eigenvalue weighted by molar-refractivity contribution is -0.682. The second-order valence-corrected chi connectivity index (χ2v) is 6.99. The fourth-order valence-corrected chi connectivity index (χ4v) is 3.16. The van der Waals surface area contributed by atoms with E-state index < -0.39 is 41.1 Å². The first-order valence-corrected chi connectivity index (χ1v) is 9.02. The highest BCUT2D eigenvalue weighted by molar-refractivity contribution is 6.08. The van der Waals surface area contributed by atoms with Gasteiger partial charge in [0.05, 0.1) is 0 Å². The van der Waals surface area contributed by atoms with Gasteiger partial charge in [-0.15, -0.1) is 0 Å². The molecule has 1 aliphatic rings. The third kappa shape index (κ3) is 4.09. The minimum Gasteiger partial charge on any atom is -0.332 e. The summed E-state index contributed by atoms with van der Waals surface area (Å²) < 4.78 is 26.9. The molecule has 152 valence electrons. The number of hydrazine groups is 1. The molecule has 9 heteroatoms. The van der Waals surface area contributed by atoms with Crippen molar-refractivity contribution in [2.75, 3.05) is 6.54 Å². The molecule has 2 aromatic carbocycles. The van der Waals surface area contributed by atoms with Crippen molar-refractivity contribution >= 4 is 17.8 Å². The van der Waals surface area contributed by atoms with Gasteiger partial charge in [0.2, 0.25) is 0 Å². The number of nitrogens with zero attached hydrogens (tertiary/aromatic N) is 1. The van der Waals surface area contributed by atoms with E-state index in [4.69, 9.17) is 0 Å². The highest BCUT2D eigenvalue weighted by Gasteiger charge is 2.50. The summed E-state index contributed by atoms with van der Waals surface area (Å²) >= 11 is 0. The number of carbonyl (C=O) groups excluding carboxylic acids is 3. The zero-order valence-corrected chi connectivity index (χ0v) is 15.9. The normalized spacial score (nSPS) is 19.8. The van der Waals surface area contributed by atoms with Crippen LogP contribution in [0.5, 0.6) is 0 Å². The Morgan fingerprint density at radius 3 is 2.55 bits per heavy atom. The Labute approximate surface area is 166 Å². The number of amides is 4. The number of hydrogen-bond donors (Lipinski definition) is 3. The Hall–Kier alpha value is -3.33. The minimum absolute atomic E-state index is 0.170. The van der Waals surface area contributed by atoms with E-state index in [1.54, 1.807) is 44.2 Å². The van der Waals surface area contributed by atoms with Gasteiger partial charge in [-0.05, 0) is 31.5 Å². The zero-order valence-electron chi connectivity index (χ0n) is 15.9. The van der Waals surface area contributed by atoms with Gasteiger partial charge in [0.15, 0.2) is 6.54 Å². The summed E-state index contributed by atoms with van der Waals surface area (Å²) in [4.78, 5) is 37.2. The predicted molar refractivity (Wildman–Crippen MR) is 98.9 cm³/mol. The lowest BCUT2D eigenvalue weighted by Gasteiger charge is -2.22. The van der Waals surface area contributed by atoms with E-state index >= 15 is 0 Å². The fraction of sp³-hybridized carbons (Fsp3) is 0.250. The lowest BCUT2D eigenvalue weighted by atomic mass is 9.92. The first-order chi connectivity index (χ1) is 13.7. The summed E-state index contributed by atoms with van der Waals surface area (Å²) in [5, 5.41) is 4.74. The maximum atomic E-state index is 13.8. The van der Waals surface area contributed by atoms with Crippen molar-refractivity contribution in [1.82, 2.24) is 15.8 Å². The molecule has 4 amide bonds. The van der Waals surface area contributed by atoms with Gasteiger partial charge in [0, 0.05) is 11.6 Å². The van der Waals surface area contributed by atoms with Gasteiger partial charge in [-0.3, -0.25) is 15.0 Å². The summed E-state index contributed by atoms with van der Waals surface area (Å²) in [5.41, 5.74) is 1.82. The van der Waals surface area contributed by atoms with E-state index in [0.717, 1.165) is 12.1 Å². The number of nitrogens with two attached hydrogens (primary N) is 1. The molecule has 2 atom stereocenters. The summed E-state index contributed by atoms with van der Waals surface area (Å²) in [5.74, 6) is -2.61. The van der Waals surface area contributed by atoms with Crippen molar-refractivity contribution in [1.29, 1.82) is 0 Å². The number of rotatable bonds is 6. The Morgan fingerprint density at radius 2 is 1.90 bits per heavy atom. The van der Waals surface area contributed by atoms with Crippen LogP contribution < -0.4 is 16.1 Å². The van der Waals surface area contributed by atoms with Gasteiger partial charge in [-0.2, -0.15) is 5.01 Å². The number of nitrogens with one attached hydrogen (secondary N) is 2. The predicted octanol–water partition coefficient (Wildman–Crippen LogP) is 1.09. The van der Waals surface area contributed by atoms with E-state index in [0.29, 0.717) is 10.6 Å². The van der Waals surface area contributed by atoms with Crippen LogP contribution in [0.3, 0.4) is 0 Å². The van der Waals surface area contributed by atoms with E-state index in [1.165, 1.54) is 11.4 Å². The quantitative estimate of drug-likeness (QED) is 0.630. The van der Waals surface area contributed by atoms with Crippen molar-refractivity contribution in [2.24, 2.45) is 0 Å². The standard InChI is InChI=1S/C20H20F2N4O3/c1-12(15-9-8-14(21)10-16(15)22)23-11-17(27)25-26-18(28)20(2,24-19(26)29)13-6-4-3-5-7-13/h3-10,12,23H,11H2,1-2H3,(H,24,29)(H,25,27)/p+1/t12-,20+/m0/s1. The van der Waals surface area contributed by atoms with Crippen LogP contribution >= 0.6 is 0 Å². The number of halogens is 2. The molecule has 0 bridgehead atoms. The average Bonchev–Trinajstić information content (AvgIpc) is 2.91. The van der Waals surface area contributed by atoms with Crippen LogP contribution in [0.1, 0.15) is 31.0 Å². The van der Waals surface area contributed by atoms with Crippen LogP contribution in [-0.4, -0.2) is 29.4 Å². The number of quaternary nitrogens is 1.